The number of benzene rings is 2. The van der Waals surface area contributed by atoms with Crippen LogP contribution in [0.5, 0.6) is 0 Å². The van der Waals surface area contributed by atoms with Crippen LogP contribution in [-0.2, 0) is 14.8 Å². The van der Waals surface area contributed by atoms with Gasteiger partial charge in [-0.3, -0.25) is 9.59 Å². The van der Waals surface area contributed by atoms with Crippen molar-refractivity contribution in [3.63, 3.8) is 0 Å². The fraction of sp³-hybridized carbons (Fsp3) is 0.286. The quantitative estimate of drug-likeness (QED) is 0.784. The van der Waals surface area contributed by atoms with Gasteiger partial charge >= 0.3 is 0 Å². The van der Waals surface area contributed by atoms with E-state index in [1.807, 2.05) is 4.90 Å². The van der Waals surface area contributed by atoms with Crippen LogP contribution in [0, 0.1) is 5.92 Å². The van der Waals surface area contributed by atoms with Crippen LogP contribution in [0.25, 0.3) is 0 Å². The highest BCUT2D eigenvalue weighted by Gasteiger charge is 2.35. The van der Waals surface area contributed by atoms with E-state index in [0.29, 0.717) is 42.2 Å². The lowest BCUT2D eigenvalue weighted by Crippen LogP contribution is -2.43. The summed E-state index contributed by atoms with van der Waals surface area (Å²) < 4.78 is 28.6. The summed E-state index contributed by atoms with van der Waals surface area (Å²) in [5.74, 6) is -0.103. The van der Waals surface area contributed by atoms with Gasteiger partial charge in [0.05, 0.1) is 5.92 Å². The van der Waals surface area contributed by atoms with E-state index in [-0.39, 0.29) is 22.5 Å². The Hall–Kier alpha value is -3.00. The van der Waals surface area contributed by atoms with Crippen LogP contribution in [0.3, 0.4) is 0 Å². The summed E-state index contributed by atoms with van der Waals surface area (Å²) in [6.07, 6.45) is 1.46. The first-order valence-electron chi connectivity index (χ1n) is 9.46. The van der Waals surface area contributed by atoms with Gasteiger partial charge < -0.3 is 10.2 Å². The van der Waals surface area contributed by atoms with Crippen LogP contribution < -0.4 is 5.32 Å². The summed E-state index contributed by atoms with van der Waals surface area (Å²) in [4.78, 5) is 26.4. The highest BCUT2D eigenvalue weighted by atomic mass is 32.2. The number of amidine groups is 1. The second-order valence-corrected chi connectivity index (χ2v) is 8.87. The number of hydrogen-bond acceptors (Lipinski definition) is 5. The number of hydrogen-bond donors (Lipinski definition) is 1. The van der Waals surface area contributed by atoms with E-state index in [0.717, 1.165) is 6.42 Å². The third kappa shape index (κ3) is 3.80. The molecule has 29 heavy (non-hydrogen) atoms. The topological polar surface area (TPSA) is 95.9 Å². The normalized spacial score (nSPS) is 20.0. The van der Waals surface area contributed by atoms with Gasteiger partial charge in [0.2, 0.25) is 5.91 Å². The number of piperidine rings is 1. The molecule has 1 saturated heterocycles. The van der Waals surface area contributed by atoms with Crippen molar-refractivity contribution in [2.24, 2.45) is 10.3 Å². The van der Waals surface area contributed by atoms with Crippen molar-refractivity contribution in [1.82, 2.24) is 4.90 Å². The summed E-state index contributed by atoms with van der Waals surface area (Å²) in [7, 11) is -3.69. The van der Waals surface area contributed by atoms with E-state index in [1.54, 1.807) is 48.5 Å². The first-order valence-corrected chi connectivity index (χ1v) is 10.9. The molecule has 1 fully saturated rings. The van der Waals surface area contributed by atoms with Crippen molar-refractivity contribution in [3.8, 4) is 0 Å². The maximum atomic E-state index is 12.8. The summed E-state index contributed by atoms with van der Waals surface area (Å²) in [6, 6.07) is 13.6. The van der Waals surface area contributed by atoms with Crippen molar-refractivity contribution >= 4 is 33.2 Å². The number of nitrogens with zero attached hydrogens (tertiary/aromatic N) is 2. The molecule has 2 aromatic carbocycles. The highest BCUT2D eigenvalue weighted by Crippen LogP contribution is 2.30. The molecule has 1 N–H and O–H groups in total. The SMILES string of the molecule is CC(=O)c1cccc(NC(=O)C2CCCN(C3=NS(=O)(=O)c4ccccc43)C2)c1. The van der Waals surface area contributed by atoms with Gasteiger partial charge in [-0.2, -0.15) is 8.42 Å². The smallest absolute Gasteiger partial charge is 0.285 e. The number of amides is 1. The van der Waals surface area contributed by atoms with Crippen molar-refractivity contribution in [3.05, 3.63) is 59.7 Å². The minimum atomic E-state index is -3.69. The summed E-state index contributed by atoms with van der Waals surface area (Å²) >= 11 is 0. The summed E-state index contributed by atoms with van der Waals surface area (Å²) in [5.41, 5.74) is 1.70. The number of likely N-dealkylation sites (tertiary alicyclic amines) is 1. The Kier molecular flexibility index (Phi) is 4.96. The van der Waals surface area contributed by atoms with Crippen LogP contribution in [0.1, 0.15) is 35.7 Å². The molecule has 0 saturated carbocycles. The minimum absolute atomic E-state index is 0.0657. The second-order valence-electron chi connectivity index (χ2n) is 7.30. The molecule has 2 aliphatic heterocycles. The monoisotopic (exact) mass is 411 g/mol. The maximum Gasteiger partial charge on any atom is 0.285 e. The average Bonchev–Trinajstić information content (AvgIpc) is 3.00. The van der Waals surface area contributed by atoms with Crippen LogP contribution in [0.15, 0.2) is 57.8 Å². The lowest BCUT2D eigenvalue weighted by molar-refractivity contribution is -0.121. The van der Waals surface area contributed by atoms with Crippen molar-refractivity contribution in [2.75, 3.05) is 18.4 Å². The molecule has 0 aromatic heterocycles. The molecule has 0 spiro atoms. The van der Waals surface area contributed by atoms with Crippen molar-refractivity contribution in [1.29, 1.82) is 0 Å². The third-order valence-corrected chi connectivity index (χ3v) is 6.57. The molecule has 1 atom stereocenters. The number of fused-ring (bicyclic) bond motifs is 1. The van der Waals surface area contributed by atoms with Crippen molar-refractivity contribution < 1.29 is 18.0 Å². The van der Waals surface area contributed by atoms with Crippen LogP contribution in [-0.4, -0.2) is 43.9 Å². The van der Waals surface area contributed by atoms with E-state index in [2.05, 4.69) is 9.71 Å². The third-order valence-electron chi connectivity index (χ3n) is 5.24. The fourth-order valence-electron chi connectivity index (χ4n) is 3.76. The molecule has 2 aromatic rings. The van der Waals surface area contributed by atoms with Gasteiger partial charge in [-0.05, 0) is 44.0 Å². The Balaban J connectivity index is 1.51. The predicted octanol–water partition coefficient (Wildman–Crippen LogP) is 2.69. The zero-order valence-corrected chi connectivity index (χ0v) is 16.8. The van der Waals surface area contributed by atoms with E-state index in [9.17, 15) is 18.0 Å². The fourth-order valence-corrected chi connectivity index (χ4v) is 4.99. The molecule has 0 radical (unpaired) electrons. The molecule has 4 rings (SSSR count). The predicted molar refractivity (Wildman–Crippen MR) is 110 cm³/mol. The molecular weight excluding hydrogens is 390 g/mol. The van der Waals surface area contributed by atoms with Crippen LogP contribution in [0.4, 0.5) is 5.69 Å². The molecule has 7 nitrogen and oxygen atoms in total. The maximum absolute atomic E-state index is 12.8. The number of carbonyl (C=O) groups is 2. The van der Waals surface area contributed by atoms with Crippen LogP contribution in [0.2, 0.25) is 0 Å². The first kappa shape index (κ1) is 19.3. The largest absolute Gasteiger partial charge is 0.355 e. The first-order chi connectivity index (χ1) is 13.8. The summed E-state index contributed by atoms with van der Waals surface area (Å²) in [5, 5.41) is 2.88. The van der Waals surface area contributed by atoms with E-state index >= 15 is 0 Å². The standard InChI is InChI=1S/C21H21N3O4S/c1-14(25)15-6-4-8-17(12-15)22-21(26)16-7-5-11-24(13-16)20-18-9-2-3-10-19(18)29(27,28)23-20/h2-4,6,8-10,12,16H,5,7,11,13H2,1H3,(H,22,26). The Morgan fingerprint density at radius 2 is 1.93 bits per heavy atom. The zero-order valence-electron chi connectivity index (χ0n) is 16.0. The lowest BCUT2D eigenvalue weighted by Gasteiger charge is -2.33. The van der Waals surface area contributed by atoms with Gasteiger partial charge in [0.15, 0.2) is 11.6 Å². The number of Topliss-reactive ketones (excluding diaryl/α,β-unsaturated/α-hetero) is 1. The highest BCUT2D eigenvalue weighted by molar-refractivity contribution is 7.90. The van der Waals surface area contributed by atoms with Gasteiger partial charge in [-0.25, -0.2) is 0 Å². The molecule has 1 unspecified atom stereocenters. The number of sulfonamides is 1. The van der Waals surface area contributed by atoms with Gasteiger partial charge in [0, 0.05) is 29.9 Å². The van der Waals surface area contributed by atoms with Crippen molar-refractivity contribution in [2.45, 2.75) is 24.7 Å². The lowest BCUT2D eigenvalue weighted by atomic mass is 9.96. The molecule has 2 aliphatic rings. The Morgan fingerprint density at radius 1 is 1.14 bits per heavy atom. The molecule has 8 heteroatoms. The Morgan fingerprint density at radius 3 is 2.72 bits per heavy atom. The number of anilines is 1. The number of carbonyl (C=O) groups excluding carboxylic acids is 2. The van der Waals surface area contributed by atoms with Gasteiger partial charge in [-0.15, -0.1) is 4.40 Å². The molecule has 0 bridgehead atoms. The number of rotatable bonds is 3. The van der Waals surface area contributed by atoms with Gasteiger partial charge in [0.1, 0.15) is 4.90 Å². The number of ketones is 1. The van der Waals surface area contributed by atoms with Gasteiger partial charge in [-0.1, -0.05) is 24.3 Å². The molecule has 0 aliphatic carbocycles. The van der Waals surface area contributed by atoms with E-state index in [1.165, 1.54) is 6.92 Å². The average molecular weight is 411 g/mol. The molecule has 2 heterocycles. The molecule has 1 amide bonds. The number of nitrogens with one attached hydrogen (secondary N) is 1. The van der Waals surface area contributed by atoms with Crippen LogP contribution >= 0.6 is 0 Å². The van der Waals surface area contributed by atoms with E-state index in [4.69, 9.17) is 0 Å². The summed E-state index contributed by atoms with van der Waals surface area (Å²) in [6.45, 7) is 2.52. The molecule has 150 valence electrons. The molecular formula is C21H21N3O4S. The second kappa shape index (κ2) is 7.44. The van der Waals surface area contributed by atoms with E-state index < -0.39 is 10.0 Å². The van der Waals surface area contributed by atoms with Gasteiger partial charge in [0.25, 0.3) is 10.0 Å². The zero-order chi connectivity index (χ0) is 20.6. The Labute approximate surface area is 169 Å². The minimum Gasteiger partial charge on any atom is -0.355 e. The Bertz CT molecular complexity index is 1120.